The quantitative estimate of drug-likeness (QED) is 0.265. The first-order valence-corrected chi connectivity index (χ1v) is 11.1. The van der Waals surface area contributed by atoms with Crippen LogP contribution in [0.4, 0.5) is 5.69 Å². The van der Waals surface area contributed by atoms with Crippen LogP contribution in [0, 0.1) is 0 Å². The van der Waals surface area contributed by atoms with Crippen molar-refractivity contribution in [3.05, 3.63) is 102 Å². The highest BCUT2D eigenvalue weighted by atomic mass is 35.5. The van der Waals surface area contributed by atoms with E-state index in [1.54, 1.807) is 6.92 Å². The number of carbonyl (C=O) groups is 1. The Labute approximate surface area is 201 Å². The summed E-state index contributed by atoms with van der Waals surface area (Å²) in [6, 6.07) is 27.3. The average molecular weight is 469 g/mol. The molecule has 8 heteroatoms. The molecule has 5 rings (SSSR count). The molecule has 7 nitrogen and oxygen atoms in total. The SMILES string of the molecule is CC(=N\NC(=O)c1nn(-c2ccccc2)c2c1Cc1ccccc1-2)/C(Cl)=N/Nc1ccccc1. The lowest BCUT2D eigenvalue weighted by molar-refractivity contribution is 0.0948. The van der Waals surface area contributed by atoms with Crippen molar-refractivity contribution in [2.75, 3.05) is 5.43 Å². The van der Waals surface area contributed by atoms with E-state index in [-0.39, 0.29) is 5.17 Å². The van der Waals surface area contributed by atoms with Crippen LogP contribution in [0.5, 0.6) is 0 Å². The molecule has 1 aliphatic rings. The third-order valence-electron chi connectivity index (χ3n) is 5.52. The summed E-state index contributed by atoms with van der Waals surface area (Å²) in [6.45, 7) is 1.67. The van der Waals surface area contributed by atoms with Gasteiger partial charge in [0, 0.05) is 17.5 Å². The Balaban J connectivity index is 1.41. The average Bonchev–Trinajstić information content (AvgIpc) is 3.44. The summed E-state index contributed by atoms with van der Waals surface area (Å²) in [5, 5.41) is 13.0. The molecule has 0 fully saturated rings. The third kappa shape index (κ3) is 4.21. The second-order valence-electron chi connectivity index (χ2n) is 7.78. The number of aromatic nitrogens is 2. The maximum Gasteiger partial charge on any atom is 0.292 e. The van der Waals surface area contributed by atoms with Gasteiger partial charge in [0.25, 0.3) is 5.91 Å². The number of halogens is 1. The molecule has 0 unspecified atom stereocenters. The smallest absolute Gasteiger partial charge is 0.277 e. The van der Waals surface area contributed by atoms with E-state index >= 15 is 0 Å². The van der Waals surface area contributed by atoms with Crippen LogP contribution in [-0.2, 0) is 6.42 Å². The molecule has 0 spiro atoms. The van der Waals surface area contributed by atoms with E-state index in [1.165, 1.54) is 0 Å². The molecule has 0 atom stereocenters. The second kappa shape index (κ2) is 9.33. The van der Waals surface area contributed by atoms with Gasteiger partial charge in [-0.05, 0) is 36.8 Å². The van der Waals surface area contributed by atoms with Gasteiger partial charge in [-0.25, -0.2) is 10.1 Å². The van der Waals surface area contributed by atoms with Crippen molar-refractivity contribution in [2.45, 2.75) is 13.3 Å². The number of hydrogen-bond acceptors (Lipinski definition) is 5. The predicted molar refractivity (Wildman–Crippen MR) is 136 cm³/mol. The number of hydrazone groups is 2. The topological polar surface area (TPSA) is 83.7 Å². The normalized spacial score (nSPS) is 12.8. The Morgan fingerprint density at radius 1 is 0.941 bits per heavy atom. The summed E-state index contributed by atoms with van der Waals surface area (Å²) in [4.78, 5) is 13.1. The first-order valence-electron chi connectivity index (χ1n) is 10.8. The van der Waals surface area contributed by atoms with Gasteiger partial charge in [-0.15, -0.1) is 0 Å². The first kappa shape index (κ1) is 21.6. The minimum Gasteiger partial charge on any atom is -0.277 e. The largest absolute Gasteiger partial charge is 0.292 e. The van der Waals surface area contributed by atoms with E-state index in [9.17, 15) is 4.79 Å². The Kier molecular flexibility index (Phi) is 5.93. The zero-order valence-electron chi connectivity index (χ0n) is 18.4. The molecule has 1 aromatic heterocycles. The number of carbonyl (C=O) groups excluding carboxylic acids is 1. The minimum absolute atomic E-state index is 0.136. The van der Waals surface area contributed by atoms with Crippen molar-refractivity contribution >= 4 is 34.1 Å². The fraction of sp³-hybridized carbons (Fsp3) is 0.0769. The van der Waals surface area contributed by atoms with Gasteiger partial charge in [0.05, 0.1) is 22.8 Å². The van der Waals surface area contributed by atoms with Crippen molar-refractivity contribution in [2.24, 2.45) is 10.2 Å². The maximum atomic E-state index is 13.1. The standard InChI is InChI=1S/C26H21ClN6O/c1-17(25(27)30-29-19-11-4-2-5-12-19)28-31-26(34)23-22-16-18-10-8-9-15-21(18)24(22)33(32-23)20-13-6-3-7-14-20/h2-15,29H,16H2,1H3,(H,31,34)/b28-17+,30-25-. The molecule has 0 bridgehead atoms. The highest BCUT2D eigenvalue weighted by Gasteiger charge is 2.30. The molecule has 3 aromatic carbocycles. The van der Waals surface area contributed by atoms with E-state index in [2.05, 4.69) is 38.3 Å². The molecule has 0 radical (unpaired) electrons. The van der Waals surface area contributed by atoms with E-state index in [4.69, 9.17) is 11.6 Å². The molecule has 0 saturated carbocycles. The Morgan fingerprint density at radius 3 is 2.38 bits per heavy atom. The number of amides is 1. The lowest BCUT2D eigenvalue weighted by Crippen LogP contribution is -2.22. The van der Waals surface area contributed by atoms with Crippen molar-refractivity contribution < 1.29 is 4.79 Å². The number of rotatable bonds is 6. The Hall–Kier alpha value is -4.23. The molecule has 1 heterocycles. The van der Waals surface area contributed by atoms with Crippen molar-refractivity contribution in [1.29, 1.82) is 0 Å². The number of para-hydroxylation sites is 2. The van der Waals surface area contributed by atoms with Gasteiger partial charge in [0.15, 0.2) is 10.9 Å². The number of hydrogen-bond donors (Lipinski definition) is 2. The summed E-state index contributed by atoms with van der Waals surface area (Å²) in [6.07, 6.45) is 0.632. The Bertz CT molecular complexity index is 1410. The number of nitrogens with one attached hydrogen (secondary N) is 2. The van der Waals surface area contributed by atoms with E-state index in [0.717, 1.165) is 33.8 Å². The fourth-order valence-corrected chi connectivity index (χ4v) is 3.95. The van der Waals surface area contributed by atoms with Crippen LogP contribution in [0.1, 0.15) is 28.5 Å². The molecule has 0 aliphatic heterocycles. The van der Waals surface area contributed by atoms with Crippen molar-refractivity contribution in [3.63, 3.8) is 0 Å². The van der Waals surface area contributed by atoms with Crippen LogP contribution in [0.3, 0.4) is 0 Å². The van der Waals surface area contributed by atoms with Gasteiger partial charge in [-0.2, -0.15) is 15.3 Å². The molecule has 1 amide bonds. The summed E-state index contributed by atoms with van der Waals surface area (Å²) in [5.74, 6) is -0.404. The number of anilines is 1. The molecule has 34 heavy (non-hydrogen) atoms. The lowest BCUT2D eigenvalue weighted by Gasteiger charge is -2.07. The molecular formula is C26H21ClN6O. The fourth-order valence-electron chi connectivity index (χ4n) is 3.87. The molecule has 0 saturated heterocycles. The highest BCUT2D eigenvalue weighted by Crippen LogP contribution is 2.39. The van der Waals surface area contributed by atoms with Crippen LogP contribution in [0.15, 0.2) is 95.1 Å². The first-order chi connectivity index (χ1) is 16.6. The van der Waals surface area contributed by atoms with Crippen molar-refractivity contribution in [1.82, 2.24) is 15.2 Å². The van der Waals surface area contributed by atoms with E-state index in [1.807, 2.05) is 77.5 Å². The van der Waals surface area contributed by atoms with Gasteiger partial charge in [-0.1, -0.05) is 72.3 Å². The number of benzene rings is 3. The third-order valence-corrected chi connectivity index (χ3v) is 5.88. The lowest BCUT2D eigenvalue weighted by atomic mass is 10.1. The molecular weight excluding hydrogens is 448 g/mol. The van der Waals surface area contributed by atoms with Gasteiger partial charge in [-0.3, -0.25) is 10.2 Å². The van der Waals surface area contributed by atoms with E-state index < -0.39 is 5.91 Å². The van der Waals surface area contributed by atoms with E-state index in [0.29, 0.717) is 17.8 Å². The monoisotopic (exact) mass is 468 g/mol. The molecule has 168 valence electrons. The highest BCUT2D eigenvalue weighted by molar-refractivity contribution is 6.83. The Morgan fingerprint density at radius 2 is 1.62 bits per heavy atom. The van der Waals surface area contributed by atoms with Gasteiger partial charge >= 0.3 is 0 Å². The molecule has 2 N–H and O–H groups in total. The number of nitrogens with zero attached hydrogens (tertiary/aromatic N) is 4. The van der Waals surface area contributed by atoms with Gasteiger partial charge in [0.2, 0.25) is 0 Å². The van der Waals surface area contributed by atoms with Crippen LogP contribution < -0.4 is 10.9 Å². The van der Waals surface area contributed by atoms with Gasteiger partial charge < -0.3 is 0 Å². The van der Waals surface area contributed by atoms with Crippen molar-refractivity contribution in [3.8, 4) is 16.9 Å². The van der Waals surface area contributed by atoms with Crippen LogP contribution in [0.2, 0.25) is 0 Å². The number of fused-ring (bicyclic) bond motifs is 3. The zero-order chi connectivity index (χ0) is 23.5. The molecule has 1 aliphatic carbocycles. The minimum atomic E-state index is -0.404. The predicted octanol–water partition coefficient (Wildman–Crippen LogP) is 5.21. The summed E-state index contributed by atoms with van der Waals surface area (Å²) in [7, 11) is 0. The van der Waals surface area contributed by atoms with Crippen LogP contribution in [-0.4, -0.2) is 26.6 Å². The van der Waals surface area contributed by atoms with Crippen LogP contribution in [0.25, 0.3) is 16.9 Å². The summed E-state index contributed by atoms with van der Waals surface area (Å²) < 4.78 is 1.82. The second-order valence-corrected chi connectivity index (χ2v) is 8.13. The maximum absolute atomic E-state index is 13.1. The zero-order valence-corrected chi connectivity index (χ0v) is 19.1. The van der Waals surface area contributed by atoms with Gasteiger partial charge in [0.1, 0.15) is 0 Å². The van der Waals surface area contributed by atoms with Crippen LogP contribution >= 0.6 is 11.6 Å². The summed E-state index contributed by atoms with van der Waals surface area (Å²) >= 11 is 6.24. The molecule has 4 aromatic rings. The summed E-state index contributed by atoms with van der Waals surface area (Å²) in [5.41, 5.74) is 11.9.